The van der Waals surface area contributed by atoms with Gasteiger partial charge in [-0.25, -0.2) is 0 Å². The summed E-state index contributed by atoms with van der Waals surface area (Å²) >= 11 is 0. The van der Waals surface area contributed by atoms with Crippen LogP contribution >= 0.6 is 0 Å². The Bertz CT molecular complexity index is 365. The van der Waals surface area contributed by atoms with E-state index in [-0.39, 0.29) is 12.0 Å². The van der Waals surface area contributed by atoms with E-state index in [1.807, 2.05) is 6.08 Å². The fourth-order valence-electron chi connectivity index (χ4n) is 4.74. The van der Waals surface area contributed by atoms with Gasteiger partial charge in [0.15, 0.2) is 0 Å². The number of rotatable bonds is 3. The number of hydrogen-bond acceptors (Lipinski definition) is 1. The van der Waals surface area contributed by atoms with Gasteiger partial charge in [-0.05, 0) is 62.2 Å². The molecule has 0 unspecified atom stereocenters. The fraction of sp³-hybridized carbons (Fsp3) is 0.889. The number of ether oxygens (including phenoxy) is 1. The molecule has 0 spiro atoms. The topological polar surface area (TPSA) is 9.23 Å². The summed E-state index contributed by atoms with van der Waals surface area (Å²) in [5.41, 5.74) is 0. The van der Waals surface area contributed by atoms with Gasteiger partial charge in [-0.3, -0.25) is 0 Å². The molecule has 1 aliphatic heterocycles. The molecule has 2 saturated carbocycles. The number of hydrogen-bond donors (Lipinski definition) is 0. The molecule has 0 bridgehead atoms. The molecule has 3 fully saturated rings. The number of alkyl halides is 2. The number of allylic oxidation sites excluding steroid dienone is 1. The first kappa shape index (κ1) is 15.5. The third-order valence-corrected chi connectivity index (χ3v) is 6.22. The minimum absolute atomic E-state index is 0.147. The normalized spacial score (nSPS) is 46.6. The molecule has 0 aromatic heterocycles. The molecule has 3 rings (SSSR count). The molecule has 0 amide bonds. The third-order valence-electron chi connectivity index (χ3n) is 6.22. The highest BCUT2D eigenvalue weighted by molar-refractivity contribution is 4.98. The van der Waals surface area contributed by atoms with E-state index < -0.39 is 12.0 Å². The SMILES string of the molecule is C=CC1CCC([C@H]2[C@H](C3CCC(C)CC3)OC2(F)F)CC1. The molecule has 0 aromatic carbocycles. The highest BCUT2D eigenvalue weighted by atomic mass is 19.3. The van der Waals surface area contributed by atoms with Crippen LogP contribution in [0.2, 0.25) is 0 Å². The first-order valence-electron chi connectivity index (χ1n) is 8.69. The van der Waals surface area contributed by atoms with E-state index in [0.717, 1.165) is 44.4 Å². The first-order valence-corrected chi connectivity index (χ1v) is 8.69. The van der Waals surface area contributed by atoms with Crippen LogP contribution in [0.1, 0.15) is 58.3 Å². The van der Waals surface area contributed by atoms with E-state index in [2.05, 4.69) is 13.5 Å². The average Bonchev–Trinajstić information content (AvgIpc) is 2.47. The van der Waals surface area contributed by atoms with E-state index in [9.17, 15) is 8.78 Å². The zero-order valence-corrected chi connectivity index (χ0v) is 13.1. The molecular weight excluding hydrogens is 270 g/mol. The molecule has 1 saturated heterocycles. The van der Waals surface area contributed by atoms with Crippen LogP contribution in [0.15, 0.2) is 12.7 Å². The highest BCUT2D eigenvalue weighted by Crippen LogP contribution is 2.54. The second-order valence-corrected chi connectivity index (χ2v) is 7.60. The molecule has 3 aliphatic rings. The summed E-state index contributed by atoms with van der Waals surface area (Å²) in [5.74, 6) is 1.27. The fourth-order valence-corrected chi connectivity index (χ4v) is 4.74. The molecule has 3 heteroatoms. The van der Waals surface area contributed by atoms with E-state index >= 15 is 0 Å². The number of halogens is 2. The van der Waals surface area contributed by atoms with Crippen molar-refractivity contribution in [3.63, 3.8) is 0 Å². The van der Waals surface area contributed by atoms with Gasteiger partial charge in [0.2, 0.25) is 0 Å². The molecule has 1 nitrogen and oxygen atoms in total. The van der Waals surface area contributed by atoms with Crippen LogP contribution in [0.5, 0.6) is 0 Å². The largest absolute Gasteiger partial charge is 0.361 e. The van der Waals surface area contributed by atoms with Crippen molar-refractivity contribution in [2.24, 2.45) is 29.6 Å². The Balaban J connectivity index is 1.62. The minimum atomic E-state index is -2.88. The predicted molar refractivity (Wildman–Crippen MR) is 80.1 cm³/mol. The summed E-state index contributed by atoms with van der Waals surface area (Å²) in [6, 6.07) is 0. The van der Waals surface area contributed by atoms with E-state index in [1.165, 1.54) is 12.8 Å². The van der Waals surface area contributed by atoms with Crippen LogP contribution in [-0.2, 0) is 4.74 Å². The van der Waals surface area contributed by atoms with Gasteiger partial charge in [0.25, 0.3) is 0 Å². The molecule has 2 atom stereocenters. The monoisotopic (exact) mass is 298 g/mol. The van der Waals surface area contributed by atoms with Crippen LogP contribution < -0.4 is 0 Å². The minimum Gasteiger partial charge on any atom is -0.316 e. The molecule has 120 valence electrons. The van der Waals surface area contributed by atoms with Gasteiger partial charge in [-0.2, -0.15) is 8.78 Å². The Morgan fingerprint density at radius 1 is 0.952 bits per heavy atom. The molecule has 0 aromatic rings. The third kappa shape index (κ3) is 3.04. The lowest BCUT2D eigenvalue weighted by molar-refractivity contribution is -0.418. The second kappa shape index (κ2) is 5.98. The van der Waals surface area contributed by atoms with Crippen molar-refractivity contribution in [2.75, 3.05) is 0 Å². The van der Waals surface area contributed by atoms with Gasteiger partial charge in [0, 0.05) is 0 Å². The van der Waals surface area contributed by atoms with Crippen molar-refractivity contribution in [3.05, 3.63) is 12.7 Å². The summed E-state index contributed by atoms with van der Waals surface area (Å²) in [6.45, 7) is 6.10. The quantitative estimate of drug-likeness (QED) is 0.633. The van der Waals surface area contributed by atoms with Crippen LogP contribution in [-0.4, -0.2) is 12.2 Å². The van der Waals surface area contributed by atoms with Crippen molar-refractivity contribution in [1.29, 1.82) is 0 Å². The van der Waals surface area contributed by atoms with Crippen LogP contribution in [0.3, 0.4) is 0 Å². The lowest BCUT2D eigenvalue weighted by atomic mass is 9.66. The maximum Gasteiger partial charge on any atom is 0.361 e. The molecule has 21 heavy (non-hydrogen) atoms. The van der Waals surface area contributed by atoms with Crippen molar-refractivity contribution in [1.82, 2.24) is 0 Å². The molecule has 1 heterocycles. The van der Waals surface area contributed by atoms with Crippen molar-refractivity contribution in [2.45, 2.75) is 70.5 Å². The summed E-state index contributed by atoms with van der Waals surface area (Å²) in [7, 11) is 0. The van der Waals surface area contributed by atoms with E-state index in [1.54, 1.807) is 0 Å². The summed E-state index contributed by atoms with van der Waals surface area (Å²) in [5, 5.41) is 0. The summed E-state index contributed by atoms with van der Waals surface area (Å²) in [4.78, 5) is 0. The smallest absolute Gasteiger partial charge is 0.316 e. The van der Waals surface area contributed by atoms with Gasteiger partial charge in [-0.1, -0.05) is 25.8 Å². The maximum atomic E-state index is 14.0. The Morgan fingerprint density at radius 2 is 1.52 bits per heavy atom. The Morgan fingerprint density at radius 3 is 2.05 bits per heavy atom. The molecule has 2 aliphatic carbocycles. The van der Waals surface area contributed by atoms with Crippen LogP contribution in [0.4, 0.5) is 8.78 Å². The van der Waals surface area contributed by atoms with Gasteiger partial charge in [0.1, 0.15) is 0 Å². The Hall–Kier alpha value is -0.440. The van der Waals surface area contributed by atoms with E-state index in [4.69, 9.17) is 4.74 Å². The van der Waals surface area contributed by atoms with Crippen molar-refractivity contribution < 1.29 is 13.5 Å². The maximum absolute atomic E-state index is 14.0. The predicted octanol–water partition coefficient (Wildman–Crippen LogP) is 5.41. The Kier molecular flexibility index (Phi) is 4.40. The van der Waals surface area contributed by atoms with Crippen molar-refractivity contribution in [3.8, 4) is 0 Å². The van der Waals surface area contributed by atoms with E-state index in [0.29, 0.717) is 11.8 Å². The first-order chi connectivity index (χ1) is 10.0. The zero-order chi connectivity index (χ0) is 15.0. The highest BCUT2D eigenvalue weighted by Gasteiger charge is 2.62. The van der Waals surface area contributed by atoms with Gasteiger partial charge in [0.05, 0.1) is 12.0 Å². The van der Waals surface area contributed by atoms with Crippen LogP contribution in [0, 0.1) is 29.6 Å². The van der Waals surface area contributed by atoms with Gasteiger partial charge in [-0.15, -0.1) is 6.58 Å². The van der Waals surface area contributed by atoms with Gasteiger partial charge >= 0.3 is 6.11 Å². The summed E-state index contributed by atoms with van der Waals surface area (Å²) < 4.78 is 33.1. The van der Waals surface area contributed by atoms with Crippen molar-refractivity contribution >= 4 is 0 Å². The molecule has 0 N–H and O–H groups in total. The molecular formula is C18H28F2O. The molecule has 0 radical (unpaired) electrons. The van der Waals surface area contributed by atoms with Gasteiger partial charge < -0.3 is 4.74 Å². The second-order valence-electron chi connectivity index (χ2n) is 7.60. The average molecular weight is 298 g/mol. The lowest BCUT2D eigenvalue weighted by Crippen LogP contribution is -2.61. The summed E-state index contributed by atoms with van der Waals surface area (Å²) in [6.07, 6.45) is 7.30. The standard InChI is InChI=1S/C18H28F2O/c1-3-13-6-10-14(11-7-13)16-17(21-18(16,19)20)15-8-4-12(2)5-9-15/h3,12-17H,1,4-11H2,2H3/t12?,13?,14?,15?,16-,17-/m0/s1. The zero-order valence-electron chi connectivity index (χ0n) is 13.1. The lowest BCUT2D eigenvalue weighted by Gasteiger charge is -2.52. The van der Waals surface area contributed by atoms with Crippen LogP contribution in [0.25, 0.3) is 0 Å². The Labute approximate surface area is 127 Å².